The van der Waals surface area contributed by atoms with Crippen LogP contribution in [0.5, 0.6) is 0 Å². The molecule has 0 aromatic rings. The zero-order valence-corrected chi connectivity index (χ0v) is 15.0. The molecule has 8 unspecified atom stereocenters. The Labute approximate surface area is 136 Å². The van der Waals surface area contributed by atoms with Gasteiger partial charge in [-0.25, -0.2) is 0 Å². The first-order valence-electron chi connectivity index (χ1n) is 9.86. The Morgan fingerprint density at radius 3 is 1.55 bits per heavy atom. The summed E-state index contributed by atoms with van der Waals surface area (Å²) in [4.78, 5) is 13.0. The lowest BCUT2D eigenvalue weighted by atomic mass is 9.62. The van der Waals surface area contributed by atoms with Gasteiger partial charge in [0.2, 0.25) is 0 Å². The molecule has 4 bridgehead atoms. The van der Waals surface area contributed by atoms with Crippen LogP contribution in [0.25, 0.3) is 0 Å². The third-order valence-electron chi connectivity index (χ3n) is 9.46. The number of carbonyl (C=O) groups excluding carboxylic acids is 1. The highest BCUT2D eigenvalue weighted by atomic mass is 16.1. The minimum Gasteiger partial charge on any atom is -0.300 e. The molecule has 4 saturated carbocycles. The van der Waals surface area contributed by atoms with Gasteiger partial charge in [0.15, 0.2) is 0 Å². The lowest BCUT2D eigenvalue weighted by Crippen LogP contribution is -2.38. The maximum absolute atomic E-state index is 13.0. The van der Waals surface area contributed by atoms with Crippen molar-refractivity contribution >= 4 is 5.78 Å². The first-order chi connectivity index (χ1) is 10.3. The van der Waals surface area contributed by atoms with Gasteiger partial charge in [-0.2, -0.15) is 0 Å². The molecule has 4 aliphatic rings. The van der Waals surface area contributed by atoms with Crippen molar-refractivity contribution in [3.63, 3.8) is 0 Å². The normalized spacial score (nSPS) is 56.0. The van der Waals surface area contributed by atoms with Gasteiger partial charge in [-0.05, 0) is 84.9 Å². The van der Waals surface area contributed by atoms with Crippen LogP contribution < -0.4 is 0 Å². The Kier molecular flexibility index (Phi) is 3.34. The van der Waals surface area contributed by atoms with Crippen molar-refractivity contribution in [1.29, 1.82) is 0 Å². The predicted molar refractivity (Wildman–Crippen MR) is 90.4 cm³/mol. The molecule has 4 rings (SSSR count). The number of rotatable bonds is 4. The highest BCUT2D eigenvalue weighted by molar-refractivity contribution is 5.80. The van der Waals surface area contributed by atoms with E-state index in [0.717, 1.165) is 48.3 Å². The number of fused-ring (bicyclic) bond motifs is 4. The summed E-state index contributed by atoms with van der Waals surface area (Å²) >= 11 is 0. The van der Waals surface area contributed by atoms with E-state index in [4.69, 9.17) is 0 Å². The fraction of sp³-hybridized carbons (Fsp3) is 0.952. The SMILES string of the molecule is CC1C2CCC(C2)C1(C)CC(=O)CC1(C)C2CCC(C2)C1C. The Balaban J connectivity index is 1.45. The number of hydrogen-bond acceptors (Lipinski definition) is 1. The molecule has 124 valence electrons. The van der Waals surface area contributed by atoms with E-state index in [1.165, 1.54) is 38.5 Å². The van der Waals surface area contributed by atoms with Gasteiger partial charge in [-0.3, -0.25) is 4.79 Å². The monoisotopic (exact) mass is 302 g/mol. The predicted octanol–water partition coefficient (Wildman–Crippen LogP) is 5.48. The lowest BCUT2D eigenvalue weighted by Gasteiger charge is -2.42. The van der Waals surface area contributed by atoms with E-state index in [9.17, 15) is 4.79 Å². The highest BCUT2D eigenvalue weighted by Gasteiger charge is 2.56. The fourth-order valence-electron chi connectivity index (χ4n) is 7.48. The van der Waals surface area contributed by atoms with Crippen LogP contribution in [0.4, 0.5) is 0 Å². The Morgan fingerprint density at radius 1 is 0.818 bits per heavy atom. The lowest BCUT2D eigenvalue weighted by molar-refractivity contribution is -0.126. The molecule has 0 aliphatic heterocycles. The summed E-state index contributed by atoms with van der Waals surface area (Å²) in [6.07, 6.45) is 10.2. The van der Waals surface area contributed by atoms with Crippen molar-refractivity contribution in [2.75, 3.05) is 0 Å². The molecule has 0 aromatic carbocycles. The molecule has 0 radical (unpaired) electrons. The van der Waals surface area contributed by atoms with Crippen LogP contribution in [0.2, 0.25) is 0 Å². The summed E-state index contributed by atoms with van der Waals surface area (Å²) in [7, 11) is 0. The van der Waals surface area contributed by atoms with Crippen LogP contribution in [-0.4, -0.2) is 5.78 Å². The van der Waals surface area contributed by atoms with Gasteiger partial charge in [0, 0.05) is 12.8 Å². The zero-order chi connectivity index (χ0) is 15.7. The van der Waals surface area contributed by atoms with Crippen LogP contribution in [0.3, 0.4) is 0 Å². The quantitative estimate of drug-likeness (QED) is 0.672. The molecule has 0 amide bonds. The molecule has 0 saturated heterocycles. The first-order valence-corrected chi connectivity index (χ1v) is 9.86. The molecule has 1 nitrogen and oxygen atoms in total. The van der Waals surface area contributed by atoms with Crippen molar-refractivity contribution in [3.8, 4) is 0 Å². The second kappa shape index (κ2) is 4.84. The van der Waals surface area contributed by atoms with Crippen LogP contribution >= 0.6 is 0 Å². The third-order valence-corrected chi connectivity index (χ3v) is 9.46. The van der Waals surface area contributed by atoms with Crippen molar-refractivity contribution in [3.05, 3.63) is 0 Å². The van der Waals surface area contributed by atoms with E-state index in [1.807, 2.05) is 0 Å². The number of carbonyl (C=O) groups is 1. The van der Waals surface area contributed by atoms with Gasteiger partial charge in [0.1, 0.15) is 5.78 Å². The Hall–Kier alpha value is -0.330. The standard InChI is InChI=1S/C21H34O/c1-13-15-5-7-17(9-15)20(13,3)11-19(22)12-21(4)14(2)16-6-8-18(21)10-16/h13-18H,5-12H2,1-4H3. The van der Waals surface area contributed by atoms with E-state index in [0.29, 0.717) is 16.6 Å². The summed E-state index contributed by atoms with van der Waals surface area (Å²) in [6.45, 7) is 9.73. The van der Waals surface area contributed by atoms with Crippen LogP contribution in [0.1, 0.15) is 79.1 Å². The van der Waals surface area contributed by atoms with Gasteiger partial charge < -0.3 is 0 Å². The maximum Gasteiger partial charge on any atom is 0.134 e. The molecule has 0 spiro atoms. The van der Waals surface area contributed by atoms with Crippen molar-refractivity contribution in [2.45, 2.75) is 79.1 Å². The largest absolute Gasteiger partial charge is 0.300 e. The molecule has 4 aliphatic carbocycles. The number of hydrogen-bond donors (Lipinski definition) is 0. The van der Waals surface area contributed by atoms with Crippen molar-refractivity contribution < 1.29 is 4.79 Å². The fourth-order valence-corrected chi connectivity index (χ4v) is 7.48. The average molecular weight is 303 g/mol. The van der Waals surface area contributed by atoms with Gasteiger partial charge in [-0.15, -0.1) is 0 Å². The van der Waals surface area contributed by atoms with Crippen LogP contribution in [-0.2, 0) is 4.79 Å². The van der Waals surface area contributed by atoms with Gasteiger partial charge in [0.25, 0.3) is 0 Å². The number of ketones is 1. The van der Waals surface area contributed by atoms with Crippen molar-refractivity contribution in [1.82, 2.24) is 0 Å². The van der Waals surface area contributed by atoms with Crippen LogP contribution in [0, 0.1) is 46.3 Å². The molecule has 0 aromatic heterocycles. The highest BCUT2D eigenvalue weighted by Crippen LogP contribution is 2.63. The van der Waals surface area contributed by atoms with Crippen molar-refractivity contribution in [2.24, 2.45) is 46.3 Å². The van der Waals surface area contributed by atoms with Gasteiger partial charge in [0.05, 0.1) is 0 Å². The molecule has 1 heteroatoms. The molecule has 4 fully saturated rings. The maximum atomic E-state index is 13.0. The van der Waals surface area contributed by atoms with Crippen LogP contribution in [0.15, 0.2) is 0 Å². The van der Waals surface area contributed by atoms with Gasteiger partial charge >= 0.3 is 0 Å². The number of Topliss-reactive ketones (excluding diaryl/α,β-unsaturated/α-hetero) is 1. The zero-order valence-electron chi connectivity index (χ0n) is 15.0. The summed E-state index contributed by atoms with van der Waals surface area (Å²) in [5, 5.41) is 0. The van der Waals surface area contributed by atoms with Gasteiger partial charge in [-0.1, -0.05) is 27.7 Å². The average Bonchev–Trinajstić information content (AvgIpc) is 3.19. The molecule has 22 heavy (non-hydrogen) atoms. The minimum absolute atomic E-state index is 0.317. The Bertz CT molecular complexity index is 432. The second-order valence-corrected chi connectivity index (χ2v) is 10.0. The molecular weight excluding hydrogens is 268 g/mol. The molecule has 8 atom stereocenters. The van der Waals surface area contributed by atoms with E-state index in [1.54, 1.807) is 0 Å². The molecule has 0 N–H and O–H groups in total. The smallest absolute Gasteiger partial charge is 0.134 e. The molecule has 0 heterocycles. The summed E-state index contributed by atoms with van der Waals surface area (Å²) < 4.78 is 0. The summed E-state index contributed by atoms with van der Waals surface area (Å²) in [5.41, 5.74) is 0.633. The topological polar surface area (TPSA) is 17.1 Å². The van der Waals surface area contributed by atoms with E-state index in [2.05, 4.69) is 27.7 Å². The van der Waals surface area contributed by atoms with E-state index in [-0.39, 0.29) is 0 Å². The molecular formula is C21H34O. The first kappa shape index (κ1) is 15.2. The van der Waals surface area contributed by atoms with E-state index < -0.39 is 0 Å². The third kappa shape index (κ3) is 1.93. The minimum atomic E-state index is 0.317. The Morgan fingerprint density at radius 2 is 1.23 bits per heavy atom. The summed E-state index contributed by atoms with van der Waals surface area (Å²) in [5.74, 6) is 5.62. The second-order valence-electron chi connectivity index (χ2n) is 10.0. The van der Waals surface area contributed by atoms with E-state index >= 15 is 0 Å². The summed E-state index contributed by atoms with van der Waals surface area (Å²) in [6, 6.07) is 0.